The predicted molar refractivity (Wildman–Crippen MR) is 135 cm³/mol. The SMILES string of the molecule is Cc1ccc(C(=O)Nc2ccc(NCCc3csc(C)n3)cc2)c(-c2ccc(C(F)(F)F)cc2)c1. The van der Waals surface area contributed by atoms with Crippen molar-refractivity contribution in [3.63, 3.8) is 0 Å². The maximum Gasteiger partial charge on any atom is 0.416 e. The Morgan fingerprint density at radius 3 is 2.26 bits per heavy atom. The molecule has 1 heterocycles. The Morgan fingerprint density at radius 1 is 0.943 bits per heavy atom. The van der Waals surface area contributed by atoms with Gasteiger partial charge in [-0.1, -0.05) is 29.8 Å². The van der Waals surface area contributed by atoms with Gasteiger partial charge in [0, 0.05) is 35.3 Å². The molecular weight excluding hydrogens is 471 g/mol. The minimum atomic E-state index is -4.41. The molecule has 0 aliphatic heterocycles. The molecule has 1 aromatic heterocycles. The number of alkyl halides is 3. The summed E-state index contributed by atoms with van der Waals surface area (Å²) in [5, 5.41) is 9.32. The number of aromatic nitrogens is 1. The highest BCUT2D eigenvalue weighted by atomic mass is 32.1. The number of hydrogen-bond acceptors (Lipinski definition) is 4. The highest BCUT2D eigenvalue weighted by Crippen LogP contribution is 2.32. The third kappa shape index (κ3) is 6.27. The van der Waals surface area contributed by atoms with Crippen molar-refractivity contribution in [1.29, 1.82) is 0 Å². The first-order chi connectivity index (χ1) is 16.7. The van der Waals surface area contributed by atoms with E-state index < -0.39 is 11.7 Å². The summed E-state index contributed by atoms with van der Waals surface area (Å²) in [6.45, 7) is 4.60. The molecule has 0 radical (unpaired) electrons. The van der Waals surface area contributed by atoms with Gasteiger partial charge in [-0.15, -0.1) is 11.3 Å². The van der Waals surface area contributed by atoms with Crippen LogP contribution in [0.15, 0.2) is 72.1 Å². The van der Waals surface area contributed by atoms with E-state index in [0.29, 0.717) is 22.4 Å². The van der Waals surface area contributed by atoms with E-state index in [1.165, 1.54) is 12.1 Å². The largest absolute Gasteiger partial charge is 0.416 e. The Balaban J connectivity index is 1.44. The number of benzene rings is 3. The van der Waals surface area contributed by atoms with E-state index in [1.54, 1.807) is 41.7 Å². The summed E-state index contributed by atoms with van der Waals surface area (Å²) >= 11 is 1.63. The molecule has 0 aliphatic rings. The van der Waals surface area contributed by atoms with E-state index in [1.807, 2.05) is 26.0 Å². The van der Waals surface area contributed by atoms with Crippen molar-refractivity contribution >= 4 is 28.6 Å². The fourth-order valence-corrected chi connectivity index (χ4v) is 4.31. The standard InChI is InChI=1S/C27H24F3N3OS/c1-17-3-12-24(25(15-17)19-4-6-20(7-5-19)27(28,29)30)26(34)33-22-10-8-21(9-11-22)31-14-13-23-16-35-18(2)32-23/h3-12,15-16,31H,13-14H2,1-2H3,(H,33,34). The first-order valence-electron chi connectivity index (χ1n) is 11.0. The number of nitrogens with zero attached hydrogens (tertiary/aromatic N) is 1. The van der Waals surface area contributed by atoms with Crippen molar-refractivity contribution in [3.05, 3.63) is 99.5 Å². The number of rotatable bonds is 7. The average Bonchev–Trinajstić information content (AvgIpc) is 3.24. The first kappa shape index (κ1) is 24.5. The highest BCUT2D eigenvalue weighted by Gasteiger charge is 2.30. The molecule has 4 rings (SSSR count). The lowest BCUT2D eigenvalue weighted by atomic mass is 9.96. The molecule has 1 amide bonds. The van der Waals surface area contributed by atoms with Crippen LogP contribution in [0.3, 0.4) is 0 Å². The van der Waals surface area contributed by atoms with Gasteiger partial charge in [0.1, 0.15) is 0 Å². The fraction of sp³-hybridized carbons (Fsp3) is 0.185. The molecule has 0 unspecified atom stereocenters. The van der Waals surface area contributed by atoms with E-state index in [4.69, 9.17) is 0 Å². The summed E-state index contributed by atoms with van der Waals surface area (Å²) in [6.07, 6.45) is -3.59. The van der Waals surface area contributed by atoms with Crippen LogP contribution in [0.1, 0.15) is 32.2 Å². The van der Waals surface area contributed by atoms with Gasteiger partial charge < -0.3 is 10.6 Å². The van der Waals surface area contributed by atoms with Crippen LogP contribution in [-0.4, -0.2) is 17.4 Å². The van der Waals surface area contributed by atoms with E-state index in [9.17, 15) is 18.0 Å². The number of thiazole rings is 1. The summed E-state index contributed by atoms with van der Waals surface area (Å²) in [4.78, 5) is 17.5. The van der Waals surface area contributed by atoms with Gasteiger partial charge in [0.05, 0.1) is 16.3 Å². The molecule has 3 aromatic carbocycles. The molecule has 4 nitrogen and oxygen atoms in total. The van der Waals surface area contributed by atoms with Crippen LogP contribution in [0, 0.1) is 13.8 Å². The quantitative estimate of drug-likeness (QED) is 0.282. The number of halogens is 3. The monoisotopic (exact) mass is 495 g/mol. The lowest BCUT2D eigenvalue weighted by Gasteiger charge is -2.13. The molecule has 0 saturated heterocycles. The second kappa shape index (κ2) is 10.3. The van der Waals surface area contributed by atoms with Crippen molar-refractivity contribution in [2.75, 3.05) is 17.2 Å². The van der Waals surface area contributed by atoms with Crippen molar-refractivity contribution in [3.8, 4) is 11.1 Å². The van der Waals surface area contributed by atoms with Crippen LogP contribution in [0.5, 0.6) is 0 Å². The maximum atomic E-state index is 13.0. The highest BCUT2D eigenvalue weighted by molar-refractivity contribution is 7.09. The number of nitrogens with one attached hydrogen (secondary N) is 2. The Morgan fingerprint density at radius 2 is 1.63 bits per heavy atom. The number of anilines is 2. The zero-order valence-electron chi connectivity index (χ0n) is 19.2. The zero-order chi connectivity index (χ0) is 25.0. The summed E-state index contributed by atoms with van der Waals surface area (Å²) in [7, 11) is 0. The third-order valence-electron chi connectivity index (χ3n) is 5.46. The predicted octanol–water partition coefficient (Wildman–Crippen LogP) is 7.35. The van der Waals surface area contributed by atoms with Crippen molar-refractivity contribution in [2.24, 2.45) is 0 Å². The van der Waals surface area contributed by atoms with E-state index >= 15 is 0 Å². The Bertz CT molecular complexity index is 1310. The molecule has 0 spiro atoms. The smallest absolute Gasteiger partial charge is 0.385 e. The van der Waals surface area contributed by atoms with Gasteiger partial charge in [0.15, 0.2) is 0 Å². The van der Waals surface area contributed by atoms with Crippen LogP contribution >= 0.6 is 11.3 Å². The summed E-state index contributed by atoms with van der Waals surface area (Å²) in [5.74, 6) is -0.334. The molecule has 8 heteroatoms. The number of hydrogen-bond donors (Lipinski definition) is 2. The van der Waals surface area contributed by atoms with E-state index in [0.717, 1.165) is 47.1 Å². The second-order valence-electron chi connectivity index (χ2n) is 8.19. The van der Waals surface area contributed by atoms with Crippen molar-refractivity contribution in [2.45, 2.75) is 26.4 Å². The van der Waals surface area contributed by atoms with Crippen LogP contribution in [0.4, 0.5) is 24.5 Å². The average molecular weight is 496 g/mol. The lowest BCUT2D eigenvalue weighted by Crippen LogP contribution is -2.13. The molecule has 180 valence electrons. The maximum absolute atomic E-state index is 13.0. The summed E-state index contributed by atoms with van der Waals surface area (Å²) in [5.41, 5.74) is 4.29. The lowest BCUT2D eigenvalue weighted by molar-refractivity contribution is -0.137. The molecule has 0 fully saturated rings. The van der Waals surface area contributed by atoms with E-state index in [2.05, 4.69) is 21.0 Å². The molecule has 2 N–H and O–H groups in total. The number of amides is 1. The number of carbonyl (C=O) groups is 1. The molecule has 0 saturated carbocycles. The Kier molecular flexibility index (Phi) is 7.21. The topological polar surface area (TPSA) is 54.0 Å². The minimum absolute atomic E-state index is 0.334. The molecule has 4 aromatic rings. The van der Waals surface area contributed by atoms with Crippen LogP contribution in [-0.2, 0) is 12.6 Å². The third-order valence-corrected chi connectivity index (χ3v) is 6.28. The second-order valence-corrected chi connectivity index (χ2v) is 9.25. The summed E-state index contributed by atoms with van der Waals surface area (Å²) in [6, 6.07) is 17.5. The van der Waals surface area contributed by atoms with Gasteiger partial charge in [0.25, 0.3) is 5.91 Å². The van der Waals surface area contributed by atoms with Crippen LogP contribution in [0.2, 0.25) is 0 Å². The van der Waals surface area contributed by atoms with Crippen LogP contribution in [0.25, 0.3) is 11.1 Å². The van der Waals surface area contributed by atoms with Crippen molar-refractivity contribution in [1.82, 2.24) is 4.98 Å². The Labute approximate surface area is 205 Å². The Hall–Kier alpha value is -3.65. The van der Waals surface area contributed by atoms with Gasteiger partial charge in [0.2, 0.25) is 0 Å². The normalized spacial score (nSPS) is 11.3. The van der Waals surface area contributed by atoms with Gasteiger partial charge in [-0.2, -0.15) is 13.2 Å². The molecule has 0 aliphatic carbocycles. The minimum Gasteiger partial charge on any atom is -0.385 e. The first-order valence-corrected chi connectivity index (χ1v) is 11.9. The van der Waals surface area contributed by atoms with Gasteiger partial charge >= 0.3 is 6.18 Å². The molecule has 0 bridgehead atoms. The van der Waals surface area contributed by atoms with Gasteiger partial charge in [-0.25, -0.2) is 4.98 Å². The van der Waals surface area contributed by atoms with Gasteiger partial charge in [-0.3, -0.25) is 4.79 Å². The number of carbonyl (C=O) groups excluding carboxylic acids is 1. The van der Waals surface area contributed by atoms with E-state index in [-0.39, 0.29) is 5.91 Å². The van der Waals surface area contributed by atoms with Crippen molar-refractivity contribution < 1.29 is 18.0 Å². The van der Waals surface area contributed by atoms with Crippen LogP contribution < -0.4 is 10.6 Å². The fourth-order valence-electron chi connectivity index (χ4n) is 3.66. The summed E-state index contributed by atoms with van der Waals surface area (Å²) < 4.78 is 38.8. The molecule has 35 heavy (non-hydrogen) atoms. The molecular formula is C27H24F3N3OS. The number of aryl methyl sites for hydroxylation is 2. The molecule has 0 atom stereocenters. The zero-order valence-corrected chi connectivity index (χ0v) is 20.1. The van der Waals surface area contributed by atoms with Gasteiger partial charge in [-0.05, 0) is 67.4 Å².